The normalized spacial score (nSPS) is 13.1. The Bertz CT molecular complexity index is 1200. The van der Waals surface area contributed by atoms with Gasteiger partial charge in [-0.2, -0.15) is 0 Å². The maximum atomic E-state index is 14.2. The van der Waals surface area contributed by atoms with Crippen LogP contribution in [-0.2, 0) is 25.7 Å². The molecular weight excluding hydrogens is 512 g/mol. The van der Waals surface area contributed by atoms with Gasteiger partial charge in [0.25, 0.3) is 0 Å². The van der Waals surface area contributed by atoms with Gasteiger partial charge in [0.15, 0.2) is 0 Å². The molecule has 10 heteroatoms. The second kappa shape index (κ2) is 13.3. The first-order valence-electron chi connectivity index (χ1n) is 13.2. The van der Waals surface area contributed by atoms with Gasteiger partial charge >= 0.3 is 6.09 Å². The SMILES string of the molecule is Cc1cc(C(C(=O)NCc2ccccc2)N(C(=O)C(CCC(N)=O)NC(=O)OC(C)(C)C)C(C)(C)C)ccc1O. The number of rotatable bonds is 10. The van der Waals surface area contributed by atoms with Crippen molar-refractivity contribution in [2.75, 3.05) is 0 Å². The summed E-state index contributed by atoms with van der Waals surface area (Å²) in [4.78, 5) is 53.8. The van der Waals surface area contributed by atoms with E-state index in [1.165, 1.54) is 11.0 Å². The first-order chi connectivity index (χ1) is 18.5. The Morgan fingerprint density at radius 1 is 1.00 bits per heavy atom. The van der Waals surface area contributed by atoms with E-state index in [0.717, 1.165) is 5.56 Å². The lowest BCUT2D eigenvalue weighted by molar-refractivity contribution is -0.148. The number of ether oxygens (including phenoxy) is 1. The summed E-state index contributed by atoms with van der Waals surface area (Å²) < 4.78 is 5.36. The van der Waals surface area contributed by atoms with Gasteiger partial charge in [0.05, 0.1) is 0 Å². The maximum Gasteiger partial charge on any atom is 0.408 e. The number of amides is 4. The van der Waals surface area contributed by atoms with E-state index in [-0.39, 0.29) is 25.1 Å². The number of aryl methyl sites for hydroxylation is 1. The fourth-order valence-corrected chi connectivity index (χ4v) is 4.15. The summed E-state index contributed by atoms with van der Waals surface area (Å²) in [6.45, 7) is 12.3. The lowest BCUT2D eigenvalue weighted by atomic mass is 9.93. The van der Waals surface area contributed by atoms with Crippen LogP contribution in [0.1, 0.15) is 77.1 Å². The first-order valence-corrected chi connectivity index (χ1v) is 13.2. The fourth-order valence-electron chi connectivity index (χ4n) is 4.15. The molecule has 0 aliphatic heterocycles. The molecule has 2 aromatic carbocycles. The Balaban J connectivity index is 2.56. The lowest BCUT2D eigenvalue weighted by Gasteiger charge is -2.43. The largest absolute Gasteiger partial charge is 0.508 e. The molecule has 40 heavy (non-hydrogen) atoms. The Morgan fingerprint density at radius 2 is 1.62 bits per heavy atom. The van der Waals surface area contributed by atoms with E-state index >= 15 is 0 Å². The second-order valence-electron chi connectivity index (χ2n) is 11.7. The van der Waals surface area contributed by atoms with Crippen molar-refractivity contribution in [2.45, 2.75) is 91.1 Å². The van der Waals surface area contributed by atoms with Crippen LogP contribution in [0.25, 0.3) is 0 Å². The van der Waals surface area contributed by atoms with Gasteiger partial charge in [-0.3, -0.25) is 14.4 Å². The Labute approximate surface area is 236 Å². The summed E-state index contributed by atoms with van der Waals surface area (Å²) in [5.74, 6) is -1.64. The van der Waals surface area contributed by atoms with Gasteiger partial charge in [-0.25, -0.2) is 4.79 Å². The van der Waals surface area contributed by atoms with Crippen LogP contribution in [0, 0.1) is 6.92 Å². The summed E-state index contributed by atoms with van der Waals surface area (Å²) in [6.07, 6.45) is -1.10. The number of hydrogen-bond acceptors (Lipinski definition) is 6. The van der Waals surface area contributed by atoms with E-state index in [9.17, 15) is 24.3 Å². The van der Waals surface area contributed by atoms with Crippen molar-refractivity contribution in [3.8, 4) is 5.75 Å². The van der Waals surface area contributed by atoms with Crippen LogP contribution in [-0.4, -0.2) is 51.0 Å². The number of phenolic OH excluding ortho intramolecular Hbond substituents is 1. The molecule has 0 aromatic heterocycles. The van der Waals surface area contributed by atoms with E-state index in [2.05, 4.69) is 10.6 Å². The summed E-state index contributed by atoms with van der Waals surface area (Å²) in [5.41, 5.74) is 5.48. The highest BCUT2D eigenvalue weighted by Gasteiger charge is 2.42. The van der Waals surface area contributed by atoms with Crippen molar-refractivity contribution in [2.24, 2.45) is 5.73 Å². The van der Waals surface area contributed by atoms with Crippen LogP contribution >= 0.6 is 0 Å². The molecule has 0 spiro atoms. The van der Waals surface area contributed by atoms with E-state index in [1.54, 1.807) is 60.6 Å². The number of phenols is 1. The van der Waals surface area contributed by atoms with Gasteiger partial charge in [-0.05, 0) is 83.7 Å². The smallest absolute Gasteiger partial charge is 0.408 e. The zero-order chi connectivity index (χ0) is 30.3. The van der Waals surface area contributed by atoms with Crippen molar-refractivity contribution >= 4 is 23.8 Å². The highest BCUT2D eigenvalue weighted by molar-refractivity contribution is 5.93. The molecule has 218 valence electrons. The van der Waals surface area contributed by atoms with Crippen LogP contribution in [0.2, 0.25) is 0 Å². The Kier molecular flexibility index (Phi) is 10.7. The number of alkyl carbamates (subject to hydrolysis) is 1. The number of benzene rings is 2. The average molecular weight is 555 g/mol. The summed E-state index contributed by atoms with van der Waals surface area (Å²) in [5, 5.41) is 15.6. The topological polar surface area (TPSA) is 151 Å². The van der Waals surface area contributed by atoms with Crippen LogP contribution in [0.4, 0.5) is 4.79 Å². The average Bonchev–Trinajstić information content (AvgIpc) is 2.83. The molecule has 2 atom stereocenters. The molecule has 0 fully saturated rings. The third-order valence-corrected chi connectivity index (χ3v) is 5.98. The van der Waals surface area contributed by atoms with Crippen LogP contribution in [0.15, 0.2) is 48.5 Å². The number of aromatic hydroxyl groups is 1. The van der Waals surface area contributed by atoms with Crippen molar-refractivity contribution in [1.29, 1.82) is 0 Å². The maximum absolute atomic E-state index is 14.2. The molecular formula is C30H42N4O6. The van der Waals surface area contributed by atoms with Crippen molar-refractivity contribution in [3.63, 3.8) is 0 Å². The predicted octanol–water partition coefficient (Wildman–Crippen LogP) is 3.84. The molecule has 5 N–H and O–H groups in total. The third kappa shape index (κ3) is 9.59. The molecule has 0 saturated carbocycles. The van der Waals surface area contributed by atoms with Crippen molar-refractivity contribution in [1.82, 2.24) is 15.5 Å². The second-order valence-corrected chi connectivity index (χ2v) is 11.7. The molecule has 4 amide bonds. The summed E-state index contributed by atoms with van der Waals surface area (Å²) >= 11 is 0. The van der Waals surface area contributed by atoms with Crippen molar-refractivity contribution in [3.05, 3.63) is 65.2 Å². The number of hydrogen-bond donors (Lipinski definition) is 4. The minimum atomic E-state index is -1.20. The molecule has 0 bridgehead atoms. The number of carbonyl (C=O) groups excluding carboxylic acids is 4. The number of primary amides is 1. The monoisotopic (exact) mass is 554 g/mol. The van der Waals surface area contributed by atoms with E-state index in [0.29, 0.717) is 11.1 Å². The Hall–Kier alpha value is -4.08. The highest BCUT2D eigenvalue weighted by Crippen LogP contribution is 2.32. The van der Waals surface area contributed by atoms with Crippen LogP contribution in [0.5, 0.6) is 5.75 Å². The Morgan fingerprint density at radius 3 is 2.15 bits per heavy atom. The van der Waals surface area contributed by atoms with Crippen LogP contribution < -0.4 is 16.4 Å². The lowest BCUT2D eigenvalue weighted by Crippen LogP contribution is -2.58. The minimum absolute atomic E-state index is 0.0479. The molecule has 0 aliphatic carbocycles. The molecule has 0 heterocycles. The molecule has 2 rings (SSSR count). The van der Waals surface area contributed by atoms with Gasteiger partial charge in [-0.15, -0.1) is 0 Å². The fraction of sp³-hybridized carbons (Fsp3) is 0.467. The predicted molar refractivity (Wildman–Crippen MR) is 152 cm³/mol. The molecule has 10 nitrogen and oxygen atoms in total. The minimum Gasteiger partial charge on any atom is -0.508 e. The van der Waals surface area contributed by atoms with E-state index < -0.39 is 47.0 Å². The summed E-state index contributed by atoms with van der Waals surface area (Å²) in [7, 11) is 0. The highest BCUT2D eigenvalue weighted by atomic mass is 16.6. The molecule has 2 aromatic rings. The quantitative estimate of drug-likeness (QED) is 0.350. The van der Waals surface area contributed by atoms with Gasteiger partial charge in [-0.1, -0.05) is 36.4 Å². The van der Waals surface area contributed by atoms with Gasteiger partial charge in [0.2, 0.25) is 17.7 Å². The number of nitrogens with two attached hydrogens (primary N) is 1. The van der Waals surface area contributed by atoms with Crippen molar-refractivity contribution < 1.29 is 29.0 Å². The zero-order valence-electron chi connectivity index (χ0n) is 24.4. The molecule has 0 saturated heterocycles. The zero-order valence-corrected chi connectivity index (χ0v) is 24.4. The molecule has 2 unspecified atom stereocenters. The van der Waals surface area contributed by atoms with Gasteiger partial charge in [0.1, 0.15) is 23.4 Å². The van der Waals surface area contributed by atoms with Gasteiger partial charge < -0.3 is 31.1 Å². The molecule has 0 radical (unpaired) electrons. The summed E-state index contributed by atoms with van der Waals surface area (Å²) in [6, 6.07) is 11.7. The third-order valence-electron chi connectivity index (χ3n) is 5.98. The molecule has 0 aliphatic rings. The van der Waals surface area contributed by atoms with Gasteiger partial charge in [0, 0.05) is 18.5 Å². The standard InChI is InChI=1S/C30H42N4O6/c1-19-17-21(13-15-23(19)35)25(26(37)32-18-20-11-9-8-10-12-20)34(29(2,3)4)27(38)22(14-16-24(31)36)33-28(39)40-30(5,6)7/h8-13,15,17,22,25,35H,14,16,18H2,1-7H3,(H2,31,36)(H,32,37)(H,33,39). The number of nitrogens with one attached hydrogen (secondary N) is 2. The van der Waals surface area contributed by atoms with Crippen LogP contribution in [0.3, 0.4) is 0 Å². The number of carbonyl (C=O) groups is 4. The van der Waals surface area contributed by atoms with E-state index in [4.69, 9.17) is 10.5 Å². The van der Waals surface area contributed by atoms with E-state index in [1.807, 2.05) is 30.3 Å². The first kappa shape index (κ1) is 32.1. The number of nitrogens with zero attached hydrogens (tertiary/aromatic N) is 1.